The van der Waals surface area contributed by atoms with Gasteiger partial charge in [0.25, 0.3) is 0 Å². The quantitative estimate of drug-likeness (QED) is 0.568. The predicted molar refractivity (Wildman–Crippen MR) is 96.7 cm³/mol. The monoisotopic (exact) mass is 325 g/mol. The minimum atomic E-state index is 0.0399. The molecule has 1 aliphatic heterocycles. The number of likely N-dealkylation sites (tertiary alicyclic amines) is 1. The van der Waals surface area contributed by atoms with E-state index in [9.17, 15) is 4.79 Å². The summed E-state index contributed by atoms with van der Waals surface area (Å²) in [5.74, 6) is 1.64. The summed E-state index contributed by atoms with van der Waals surface area (Å²) in [6.45, 7) is 10.1. The van der Waals surface area contributed by atoms with Crippen molar-refractivity contribution in [3.8, 4) is 0 Å². The zero-order valence-electron chi connectivity index (χ0n) is 15.8. The Bertz CT molecular complexity index is 398. The van der Waals surface area contributed by atoms with E-state index in [2.05, 4.69) is 55.3 Å². The van der Waals surface area contributed by atoms with Gasteiger partial charge in [-0.3, -0.25) is 9.79 Å². The van der Waals surface area contributed by atoms with Crippen LogP contribution in [0.5, 0.6) is 0 Å². The Balaban J connectivity index is 2.61. The number of carbonyl (C=O) groups is 1. The summed E-state index contributed by atoms with van der Waals surface area (Å²) in [5.41, 5.74) is 0.0399. The molecule has 0 unspecified atom stereocenters. The van der Waals surface area contributed by atoms with Crippen LogP contribution in [-0.2, 0) is 4.79 Å². The molecule has 0 bridgehead atoms. The second-order valence-electron chi connectivity index (χ2n) is 7.18. The summed E-state index contributed by atoms with van der Waals surface area (Å²) in [4.78, 5) is 20.9. The van der Waals surface area contributed by atoms with E-state index in [-0.39, 0.29) is 11.4 Å². The minimum Gasteiger partial charge on any atom is -0.359 e. The van der Waals surface area contributed by atoms with E-state index in [0.717, 1.165) is 45.0 Å². The molecule has 0 saturated carbocycles. The van der Waals surface area contributed by atoms with Gasteiger partial charge in [0, 0.05) is 38.6 Å². The molecular weight excluding hydrogens is 290 g/mol. The van der Waals surface area contributed by atoms with Gasteiger partial charge in [0.05, 0.1) is 6.54 Å². The van der Waals surface area contributed by atoms with Gasteiger partial charge in [0.2, 0.25) is 5.91 Å². The lowest BCUT2D eigenvalue weighted by Crippen LogP contribution is -2.48. The Labute approximate surface area is 141 Å². The molecule has 0 radical (unpaired) electrons. The first-order valence-corrected chi connectivity index (χ1v) is 8.71. The van der Waals surface area contributed by atoms with E-state index < -0.39 is 0 Å². The molecule has 6 heteroatoms. The molecule has 23 heavy (non-hydrogen) atoms. The van der Waals surface area contributed by atoms with Crippen molar-refractivity contribution >= 4 is 11.9 Å². The largest absolute Gasteiger partial charge is 0.359 e. The molecule has 0 aromatic carbocycles. The highest BCUT2D eigenvalue weighted by Crippen LogP contribution is 2.20. The lowest BCUT2D eigenvalue weighted by Gasteiger charge is -2.35. The molecule has 0 aliphatic carbocycles. The van der Waals surface area contributed by atoms with Crippen molar-refractivity contribution in [3.63, 3.8) is 0 Å². The third-order valence-corrected chi connectivity index (χ3v) is 4.83. The van der Waals surface area contributed by atoms with Crippen molar-refractivity contribution < 1.29 is 4.79 Å². The van der Waals surface area contributed by atoms with E-state index >= 15 is 0 Å². The van der Waals surface area contributed by atoms with Crippen LogP contribution in [0.3, 0.4) is 0 Å². The molecule has 1 saturated heterocycles. The summed E-state index contributed by atoms with van der Waals surface area (Å²) in [6.07, 6.45) is 2.75. The second-order valence-corrected chi connectivity index (χ2v) is 7.18. The summed E-state index contributed by atoms with van der Waals surface area (Å²) < 4.78 is 0. The summed E-state index contributed by atoms with van der Waals surface area (Å²) in [7, 11) is 5.89. The van der Waals surface area contributed by atoms with Gasteiger partial charge in [-0.2, -0.15) is 0 Å². The summed E-state index contributed by atoms with van der Waals surface area (Å²) in [5, 5.41) is 6.13. The number of amides is 1. The van der Waals surface area contributed by atoms with Crippen LogP contribution in [0, 0.1) is 5.92 Å². The van der Waals surface area contributed by atoms with Gasteiger partial charge in [0.1, 0.15) is 0 Å². The second kappa shape index (κ2) is 9.11. The number of nitrogens with one attached hydrogen (secondary N) is 2. The van der Waals surface area contributed by atoms with Gasteiger partial charge in [-0.15, -0.1) is 0 Å². The van der Waals surface area contributed by atoms with Gasteiger partial charge in [0.15, 0.2) is 5.96 Å². The third-order valence-electron chi connectivity index (χ3n) is 4.83. The Morgan fingerprint density at radius 1 is 1.30 bits per heavy atom. The van der Waals surface area contributed by atoms with Crippen LogP contribution >= 0.6 is 0 Å². The molecule has 1 amide bonds. The fraction of sp³-hybridized carbons (Fsp3) is 0.882. The van der Waals surface area contributed by atoms with Crippen molar-refractivity contribution in [1.29, 1.82) is 0 Å². The van der Waals surface area contributed by atoms with E-state index in [0.29, 0.717) is 12.3 Å². The van der Waals surface area contributed by atoms with E-state index in [1.807, 2.05) is 0 Å². The molecule has 1 heterocycles. The molecule has 0 aromatic heterocycles. The maximum atomic E-state index is 11.5. The molecule has 2 N–H and O–H groups in total. The molecule has 134 valence electrons. The standard InChI is InChI=1S/C17H35N5O/c1-7-19-16(20-13-17(2,3)21(5)6)22-10-8-14(9-11-22)12-15(23)18-4/h14H,7-13H2,1-6H3,(H,18,23)(H,19,20). The van der Waals surface area contributed by atoms with Crippen LogP contribution < -0.4 is 10.6 Å². The molecule has 1 fully saturated rings. The molecule has 6 nitrogen and oxygen atoms in total. The van der Waals surface area contributed by atoms with Crippen molar-refractivity contribution in [2.24, 2.45) is 10.9 Å². The number of likely N-dealkylation sites (N-methyl/N-ethyl adjacent to an activating group) is 1. The van der Waals surface area contributed by atoms with E-state index in [4.69, 9.17) is 4.99 Å². The van der Waals surface area contributed by atoms with Crippen molar-refractivity contribution in [2.45, 2.75) is 45.6 Å². The van der Waals surface area contributed by atoms with Gasteiger partial charge >= 0.3 is 0 Å². The van der Waals surface area contributed by atoms with Crippen LogP contribution in [0.4, 0.5) is 0 Å². The van der Waals surface area contributed by atoms with Gasteiger partial charge < -0.3 is 20.4 Å². The highest BCUT2D eigenvalue weighted by Gasteiger charge is 2.24. The average Bonchev–Trinajstić information content (AvgIpc) is 2.52. The first-order chi connectivity index (χ1) is 10.8. The number of guanidine groups is 1. The molecular formula is C17H35N5O. The van der Waals surface area contributed by atoms with Crippen LogP contribution in [0.1, 0.15) is 40.0 Å². The molecule has 0 aromatic rings. The third kappa shape index (κ3) is 6.37. The highest BCUT2D eigenvalue weighted by molar-refractivity contribution is 5.80. The van der Waals surface area contributed by atoms with Gasteiger partial charge in [-0.05, 0) is 53.6 Å². The average molecular weight is 326 g/mol. The first kappa shape index (κ1) is 19.7. The van der Waals surface area contributed by atoms with Crippen molar-refractivity contribution in [2.75, 3.05) is 47.3 Å². The maximum absolute atomic E-state index is 11.5. The summed E-state index contributed by atoms with van der Waals surface area (Å²) in [6, 6.07) is 0. The molecule has 0 atom stereocenters. The fourth-order valence-electron chi connectivity index (χ4n) is 2.55. The van der Waals surface area contributed by atoms with Crippen LogP contribution in [-0.4, -0.2) is 74.5 Å². The Kier molecular flexibility index (Phi) is 7.82. The van der Waals surface area contributed by atoms with Crippen LogP contribution in [0.2, 0.25) is 0 Å². The maximum Gasteiger partial charge on any atom is 0.220 e. The normalized spacial score (nSPS) is 17.5. The summed E-state index contributed by atoms with van der Waals surface area (Å²) >= 11 is 0. The van der Waals surface area contributed by atoms with Crippen LogP contribution in [0.25, 0.3) is 0 Å². The zero-order valence-corrected chi connectivity index (χ0v) is 15.8. The fourth-order valence-corrected chi connectivity index (χ4v) is 2.55. The molecule has 0 spiro atoms. The zero-order chi connectivity index (χ0) is 17.5. The van der Waals surface area contributed by atoms with Crippen LogP contribution in [0.15, 0.2) is 4.99 Å². The number of aliphatic imine (C=N–C) groups is 1. The van der Waals surface area contributed by atoms with Crippen molar-refractivity contribution in [1.82, 2.24) is 20.4 Å². The number of piperidine rings is 1. The smallest absolute Gasteiger partial charge is 0.220 e. The Morgan fingerprint density at radius 2 is 1.91 bits per heavy atom. The van der Waals surface area contributed by atoms with E-state index in [1.165, 1.54) is 0 Å². The Morgan fingerprint density at radius 3 is 2.39 bits per heavy atom. The number of hydrogen-bond donors (Lipinski definition) is 2. The molecule has 1 rings (SSSR count). The lowest BCUT2D eigenvalue weighted by atomic mass is 9.93. The lowest BCUT2D eigenvalue weighted by molar-refractivity contribution is -0.121. The molecule has 1 aliphatic rings. The topological polar surface area (TPSA) is 60.0 Å². The van der Waals surface area contributed by atoms with Gasteiger partial charge in [-0.1, -0.05) is 0 Å². The number of carbonyl (C=O) groups excluding carboxylic acids is 1. The number of rotatable bonds is 6. The Hall–Kier alpha value is -1.30. The number of hydrogen-bond acceptors (Lipinski definition) is 3. The van der Waals surface area contributed by atoms with Crippen molar-refractivity contribution in [3.05, 3.63) is 0 Å². The number of nitrogens with zero attached hydrogens (tertiary/aromatic N) is 3. The predicted octanol–water partition coefficient (Wildman–Crippen LogP) is 1.14. The minimum absolute atomic E-state index is 0.0399. The SMILES string of the molecule is CCNC(=NCC(C)(C)N(C)C)N1CCC(CC(=O)NC)CC1. The highest BCUT2D eigenvalue weighted by atomic mass is 16.1. The van der Waals surface area contributed by atoms with Gasteiger partial charge in [-0.25, -0.2) is 0 Å². The van der Waals surface area contributed by atoms with E-state index in [1.54, 1.807) is 7.05 Å². The first-order valence-electron chi connectivity index (χ1n) is 8.71.